The SMILES string of the molecule is CCC1CN(C(=O)Nc2ccccc2)c2ccc(-c3cnc(N4CCC(CC(=O)OC(C)(C)C)C4)nc3)cc2O1. The van der Waals surface area contributed by atoms with Crippen LogP contribution < -0.4 is 19.9 Å². The molecule has 2 unspecified atom stereocenters. The van der Waals surface area contributed by atoms with Crippen LogP contribution in [0.4, 0.5) is 22.1 Å². The third-order valence-corrected chi connectivity index (χ3v) is 7.07. The Kier molecular flexibility index (Phi) is 7.91. The average Bonchev–Trinajstić information content (AvgIpc) is 3.39. The van der Waals surface area contributed by atoms with Crippen LogP contribution in [0, 0.1) is 5.92 Å². The first kappa shape index (κ1) is 27.4. The molecule has 0 aliphatic carbocycles. The molecule has 1 fully saturated rings. The summed E-state index contributed by atoms with van der Waals surface area (Å²) in [5.41, 5.74) is 2.78. The standard InChI is InChI=1S/C31H37N5O4/c1-5-25-20-36(30(38)34-24-9-7-6-8-10-24)26-12-11-22(16-27(26)39-25)23-17-32-29(33-18-23)35-14-13-21(19-35)15-28(37)40-31(2,3)4/h6-12,16-18,21,25H,5,13-15,19-20H2,1-4H3,(H,34,38). The predicted octanol–water partition coefficient (Wildman–Crippen LogP) is 5.91. The van der Waals surface area contributed by atoms with Gasteiger partial charge in [0.15, 0.2) is 0 Å². The Hall–Kier alpha value is -4.14. The number of anilines is 3. The Bertz CT molecular complexity index is 1340. The van der Waals surface area contributed by atoms with Crippen molar-refractivity contribution in [2.45, 2.75) is 58.7 Å². The first-order valence-corrected chi connectivity index (χ1v) is 13.9. The van der Waals surface area contributed by atoms with Gasteiger partial charge in [0.25, 0.3) is 0 Å². The summed E-state index contributed by atoms with van der Waals surface area (Å²) in [6.07, 6.45) is 5.60. The minimum atomic E-state index is -0.472. The maximum Gasteiger partial charge on any atom is 0.326 e. The number of amides is 2. The van der Waals surface area contributed by atoms with Gasteiger partial charge >= 0.3 is 12.0 Å². The number of benzene rings is 2. The number of para-hydroxylation sites is 1. The van der Waals surface area contributed by atoms with E-state index in [0.717, 1.165) is 48.4 Å². The van der Waals surface area contributed by atoms with E-state index in [0.29, 0.717) is 24.7 Å². The number of urea groups is 1. The number of ether oxygens (including phenoxy) is 2. The fourth-order valence-corrected chi connectivity index (χ4v) is 5.08. The summed E-state index contributed by atoms with van der Waals surface area (Å²) < 4.78 is 11.7. The molecule has 3 heterocycles. The fraction of sp³-hybridized carbons (Fsp3) is 0.419. The minimum absolute atomic E-state index is 0.105. The monoisotopic (exact) mass is 543 g/mol. The summed E-state index contributed by atoms with van der Waals surface area (Å²) in [5, 5.41) is 2.98. The first-order chi connectivity index (χ1) is 19.2. The summed E-state index contributed by atoms with van der Waals surface area (Å²) in [6.45, 7) is 9.72. The van der Waals surface area contributed by atoms with Gasteiger partial charge in [0, 0.05) is 36.7 Å². The van der Waals surface area contributed by atoms with E-state index in [4.69, 9.17) is 9.47 Å². The van der Waals surface area contributed by atoms with Gasteiger partial charge in [-0.1, -0.05) is 31.2 Å². The fourth-order valence-electron chi connectivity index (χ4n) is 5.08. The Morgan fingerprint density at radius 3 is 2.50 bits per heavy atom. The molecule has 1 aromatic heterocycles. The zero-order chi connectivity index (χ0) is 28.3. The van der Waals surface area contributed by atoms with Gasteiger partial charge in [0.2, 0.25) is 5.95 Å². The van der Waals surface area contributed by atoms with Crippen LogP contribution in [-0.2, 0) is 9.53 Å². The van der Waals surface area contributed by atoms with Crippen LogP contribution in [0.5, 0.6) is 5.75 Å². The van der Waals surface area contributed by atoms with Gasteiger partial charge in [-0.3, -0.25) is 9.69 Å². The Labute approximate surface area is 235 Å². The maximum atomic E-state index is 13.2. The molecule has 2 atom stereocenters. The third-order valence-electron chi connectivity index (χ3n) is 7.07. The van der Waals surface area contributed by atoms with Crippen LogP contribution in [0.2, 0.25) is 0 Å². The second-order valence-corrected chi connectivity index (χ2v) is 11.4. The largest absolute Gasteiger partial charge is 0.486 e. The number of hydrogen-bond donors (Lipinski definition) is 1. The van der Waals surface area contributed by atoms with E-state index in [1.165, 1.54) is 0 Å². The van der Waals surface area contributed by atoms with Crippen LogP contribution in [0.15, 0.2) is 60.9 Å². The molecule has 1 N–H and O–H groups in total. The summed E-state index contributed by atoms with van der Waals surface area (Å²) in [6, 6.07) is 15.1. The summed E-state index contributed by atoms with van der Waals surface area (Å²) in [7, 11) is 0. The molecule has 9 heteroatoms. The second-order valence-electron chi connectivity index (χ2n) is 11.4. The smallest absolute Gasteiger partial charge is 0.326 e. The van der Waals surface area contributed by atoms with Crippen molar-refractivity contribution in [2.75, 3.05) is 34.8 Å². The molecule has 2 aliphatic rings. The lowest BCUT2D eigenvalue weighted by Gasteiger charge is -2.34. The molecule has 0 saturated carbocycles. The van der Waals surface area contributed by atoms with Gasteiger partial charge in [-0.15, -0.1) is 0 Å². The van der Waals surface area contributed by atoms with Crippen LogP contribution >= 0.6 is 0 Å². The zero-order valence-electron chi connectivity index (χ0n) is 23.6. The lowest BCUT2D eigenvalue weighted by Crippen LogP contribution is -2.45. The minimum Gasteiger partial charge on any atom is -0.486 e. The van der Waals surface area contributed by atoms with Crippen molar-refractivity contribution in [1.29, 1.82) is 0 Å². The van der Waals surface area contributed by atoms with Crippen molar-refractivity contribution in [3.05, 3.63) is 60.9 Å². The molecule has 2 amide bonds. The van der Waals surface area contributed by atoms with Gasteiger partial charge in [-0.25, -0.2) is 14.8 Å². The van der Waals surface area contributed by atoms with Crippen molar-refractivity contribution in [1.82, 2.24) is 9.97 Å². The van der Waals surface area contributed by atoms with Crippen molar-refractivity contribution in [3.8, 4) is 16.9 Å². The highest BCUT2D eigenvalue weighted by Gasteiger charge is 2.30. The van der Waals surface area contributed by atoms with Crippen molar-refractivity contribution < 1.29 is 19.1 Å². The molecule has 210 valence electrons. The number of carbonyl (C=O) groups is 2. The number of aromatic nitrogens is 2. The number of nitrogens with zero attached hydrogens (tertiary/aromatic N) is 4. The highest BCUT2D eigenvalue weighted by atomic mass is 16.6. The Balaban J connectivity index is 1.27. The van der Waals surface area contributed by atoms with Crippen molar-refractivity contribution >= 4 is 29.3 Å². The Morgan fingerprint density at radius 2 is 1.80 bits per heavy atom. The molecular formula is C31H37N5O4. The number of rotatable bonds is 6. The van der Waals surface area contributed by atoms with Crippen LogP contribution in [0.3, 0.4) is 0 Å². The molecule has 0 bridgehead atoms. The average molecular weight is 544 g/mol. The van der Waals surface area contributed by atoms with Gasteiger partial charge < -0.3 is 19.7 Å². The first-order valence-electron chi connectivity index (χ1n) is 13.9. The molecule has 3 aromatic rings. The van der Waals surface area contributed by atoms with Crippen LogP contribution in [0.1, 0.15) is 47.0 Å². The van der Waals surface area contributed by atoms with Crippen LogP contribution in [0.25, 0.3) is 11.1 Å². The number of fused-ring (bicyclic) bond motifs is 1. The predicted molar refractivity (Wildman–Crippen MR) is 156 cm³/mol. The number of carbonyl (C=O) groups excluding carboxylic acids is 2. The summed E-state index contributed by atoms with van der Waals surface area (Å²) in [4.78, 5) is 38.5. The molecule has 2 aromatic carbocycles. The van der Waals surface area contributed by atoms with E-state index < -0.39 is 5.60 Å². The van der Waals surface area contributed by atoms with Crippen LogP contribution in [-0.4, -0.2) is 53.3 Å². The van der Waals surface area contributed by atoms with E-state index in [1.807, 2.05) is 81.7 Å². The quantitative estimate of drug-likeness (QED) is 0.386. The Morgan fingerprint density at radius 1 is 1.05 bits per heavy atom. The molecule has 0 radical (unpaired) electrons. The van der Waals surface area contributed by atoms with E-state index >= 15 is 0 Å². The van der Waals surface area contributed by atoms with E-state index in [9.17, 15) is 9.59 Å². The molecular weight excluding hydrogens is 506 g/mol. The van der Waals surface area contributed by atoms with Gasteiger partial charge in [-0.05, 0) is 69.4 Å². The van der Waals surface area contributed by atoms with E-state index in [2.05, 4.69) is 27.1 Å². The lowest BCUT2D eigenvalue weighted by atomic mass is 10.1. The molecule has 40 heavy (non-hydrogen) atoms. The molecule has 9 nitrogen and oxygen atoms in total. The van der Waals surface area contributed by atoms with Gasteiger partial charge in [0.05, 0.1) is 18.7 Å². The number of hydrogen-bond acceptors (Lipinski definition) is 7. The normalized spacial score (nSPS) is 18.6. The van der Waals surface area contributed by atoms with Gasteiger partial charge in [-0.2, -0.15) is 0 Å². The van der Waals surface area contributed by atoms with Crippen molar-refractivity contribution in [3.63, 3.8) is 0 Å². The molecule has 2 aliphatic heterocycles. The number of nitrogens with one attached hydrogen (secondary N) is 1. The zero-order valence-corrected chi connectivity index (χ0v) is 23.6. The van der Waals surface area contributed by atoms with Gasteiger partial charge in [0.1, 0.15) is 17.5 Å². The topological polar surface area (TPSA) is 96.9 Å². The number of esters is 1. The molecule has 5 rings (SSSR count). The summed E-state index contributed by atoms with van der Waals surface area (Å²) >= 11 is 0. The van der Waals surface area contributed by atoms with E-state index in [1.54, 1.807) is 4.90 Å². The maximum absolute atomic E-state index is 13.2. The molecule has 0 spiro atoms. The van der Waals surface area contributed by atoms with Crippen molar-refractivity contribution in [2.24, 2.45) is 5.92 Å². The lowest BCUT2D eigenvalue weighted by molar-refractivity contribution is -0.155. The highest BCUT2D eigenvalue weighted by Crippen LogP contribution is 2.38. The summed E-state index contributed by atoms with van der Waals surface area (Å²) in [5.74, 6) is 1.38. The second kappa shape index (κ2) is 11.5. The highest BCUT2D eigenvalue weighted by molar-refractivity contribution is 6.03. The van der Waals surface area contributed by atoms with E-state index in [-0.39, 0.29) is 24.0 Å². The molecule has 1 saturated heterocycles. The third kappa shape index (κ3) is 6.52.